The quantitative estimate of drug-likeness (QED) is 0.529. The molecule has 0 rings (SSSR count). The lowest BCUT2D eigenvalue weighted by molar-refractivity contribution is -0.0490. The van der Waals surface area contributed by atoms with Crippen molar-refractivity contribution in [1.82, 2.24) is 0 Å². The Kier molecular flexibility index (Phi) is 8.06. The summed E-state index contributed by atoms with van der Waals surface area (Å²) in [7, 11) is 0. The summed E-state index contributed by atoms with van der Waals surface area (Å²) in [6.45, 7) is 15.7. The largest absolute Gasteiger partial charge is 0.382 e. The van der Waals surface area contributed by atoms with E-state index in [2.05, 4.69) is 34.6 Å². The number of ether oxygens (including phenoxy) is 2. The van der Waals surface area contributed by atoms with Crippen molar-refractivity contribution in [3.63, 3.8) is 0 Å². The van der Waals surface area contributed by atoms with E-state index in [1.165, 1.54) is 12.8 Å². The molecule has 0 radical (unpaired) electrons. The van der Waals surface area contributed by atoms with Crippen LogP contribution in [-0.4, -0.2) is 25.4 Å². The normalized spacial score (nSPS) is 13.1. The van der Waals surface area contributed by atoms with Crippen LogP contribution in [0.2, 0.25) is 0 Å². The molecule has 0 bridgehead atoms. The second-order valence-electron chi connectivity index (χ2n) is 6.22. The third kappa shape index (κ3) is 9.61. The van der Waals surface area contributed by atoms with Crippen LogP contribution < -0.4 is 0 Å². The molecule has 0 aliphatic carbocycles. The molecule has 0 atom stereocenters. The van der Waals surface area contributed by atoms with Crippen LogP contribution in [0.3, 0.4) is 0 Å². The first-order chi connectivity index (χ1) is 7.83. The highest BCUT2D eigenvalue weighted by Crippen LogP contribution is 2.27. The highest BCUT2D eigenvalue weighted by atomic mass is 16.5. The molecule has 0 amide bonds. The van der Waals surface area contributed by atoms with Crippen LogP contribution in [0.15, 0.2) is 0 Å². The van der Waals surface area contributed by atoms with Crippen molar-refractivity contribution in [3.05, 3.63) is 0 Å². The molecule has 0 saturated carbocycles. The van der Waals surface area contributed by atoms with Gasteiger partial charge in [-0.25, -0.2) is 0 Å². The highest BCUT2D eigenvalue weighted by Gasteiger charge is 2.21. The average molecular weight is 244 g/mol. The molecule has 17 heavy (non-hydrogen) atoms. The van der Waals surface area contributed by atoms with Gasteiger partial charge in [0, 0.05) is 19.8 Å². The molecule has 0 saturated heterocycles. The number of rotatable bonds is 10. The molecule has 104 valence electrons. The van der Waals surface area contributed by atoms with Gasteiger partial charge in [-0.15, -0.1) is 0 Å². The summed E-state index contributed by atoms with van der Waals surface area (Å²) in [6, 6.07) is 0. The molecule has 0 aliphatic rings. The van der Waals surface area contributed by atoms with Crippen molar-refractivity contribution in [2.24, 2.45) is 5.41 Å². The van der Waals surface area contributed by atoms with E-state index in [0.717, 1.165) is 32.7 Å². The molecule has 2 heteroatoms. The van der Waals surface area contributed by atoms with E-state index in [1.54, 1.807) is 0 Å². The summed E-state index contributed by atoms with van der Waals surface area (Å²) in [5.74, 6) is 0. The molecule has 0 N–H and O–H groups in total. The second kappa shape index (κ2) is 8.10. The first-order valence-corrected chi connectivity index (χ1v) is 7.05. The maximum Gasteiger partial charge on any atom is 0.0648 e. The van der Waals surface area contributed by atoms with Gasteiger partial charge in [0.1, 0.15) is 0 Å². The van der Waals surface area contributed by atoms with E-state index in [1.807, 2.05) is 6.92 Å². The van der Waals surface area contributed by atoms with Crippen molar-refractivity contribution in [2.75, 3.05) is 19.8 Å². The van der Waals surface area contributed by atoms with Gasteiger partial charge >= 0.3 is 0 Å². The topological polar surface area (TPSA) is 18.5 Å². The van der Waals surface area contributed by atoms with Gasteiger partial charge < -0.3 is 9.47 Å². The molecule has 0 fully saturated rings. The van der Waals surface area contributed by atoms with Gasteiger partial charge in [-0.05, 0) is 45.4 Å². The Bertz CT molecular complexity index is 185. The van der Waals surface area contributed by atoms with E-state index in [4.69, 9.17) is 9.47 Å². The Hall–Kier alpha value is -0.0800. The summed E-state index contributed by atoms with van der Waals surface area (Å²) in [5, 5.41) is 0. The zero-order valence-electron chi connectivity index (χ0n) is 12.8. The van der Waals surface area contributed by atoms with Crippen molar-refractivity contribution in [3.8, 4) is 0 Å². The zero-order valence-corrected chi connectivity index (χ0v) is 12.8. The maximum absolute atomic E-state index is 5.98. The van der Waals surface area contributed by atoms with Gasteiger partial charge in [0.15, 0.2) is 0 Å². The number of hydrogen-bond donors (Lipinski definition) is 0. The lowest BCUT2D eigenvalue weighted by atomic mass is 9.85. The van der Waals surface area contributed by atoms with Crippen molar-refractivity contribution in [2.45, 2.75) is 72.8 Å². The van der Waals surface area contributed by atoms with Gasteiger partial charge in [0.25, 0.3) is 0 Å². The molecular formula is C15H32O2. The fourth-order valence-electron chi connectivity index (χ4n) is 1.94. The minimum atomic E-state index is -0.0581. The van der Waals surface area contributed by atoms with Crippen molar-refractivity contribution < 1.29 is 9.47 Å². The molecule has 0 aromatic carbocycles. The molecule has 2 nitrogen and oxygen atoms in total. The van der Waals surface area contributed by atoms with Crippen molar-refractivity contribution in [1.29, 1.82) is 0 Å². The maximum atomic E-state index is 5.98. The van der Waals surface area contributed by atoms with E-state index in [0.29, 0.717) is 5.41 Å². The lowest BCUT2D eigenvalue weighted by Crippen LogP contribution is -2.28. The van der Waals surface area contributed by atoms with Crippen molar-refractivity contribution >= 4 is 0 Å². The van der Waals surface area contributed by atoms with Crippen LogP contribution >= 0.6 is 0 Å². The Morgan fingerprint density at radius 3 is 2.00 bits per heavy atom. The number of hydrogen-bond acceptors (Lipinski definition) is 2. The molecular weight excluding hydrogens is 212 g/mol. The first-order valence-electron chi connectivity index (χ1n) is 7.05. The highest BCUT2D eigenvalue weighted by molar-refractivity contribution is 4.71. The van der Waals surface area contributed by atoms with Crippen LogP contribution in [-0.2, 0) is 9.47 Å². The summed E-state index contributed by atoms with van der Waals surface area (Å²) in [5.41, 5.74) is 0.349. The average Bonchev–Trinajstić information content (AvgIpc) is 2.16. The molecule has 0 aliphatic heterocycles. The van der Waals surface area contributed by atoms with Crippen LogP contribution in [0, 0.1) is 5.41 Å². The van der Waals surface area contributed by atoms with Crippen LogP contribution in [0.4, 0.5) is 0 Å². The van der Waals surface area contributed by atoms with Gasteiger partial charge in [0.2, 0.25) is 0 Å². The van der Waals surface area contributed by atoms with E-state index in [-0.39, 0.29) is 5.60 Å². The predicted octanol–water partition coefficient (Wildman–Crippen LogP) is 4.42. The van der Waals surface area contributed by atoms with Crippen LogP contribution in [0.1, 0.15) is 67.2 Å². The summed E-state index contributed by atoms with van der Waals surface area (Å²) >= 11 is 0. The summed E-state index contributed by atoms with van der Waals surface area (Å²) < 4.78 is 11.4. The van der Waals surface area contributed by atoms with E-state index < -0.39 is 0 Å². The summed E-state index contributed by atoms with van der Waals surface area (Å²) in [6.07, 6.45) is 4.63. The van der Waals surface area contributed by atoms with Gasteiger partial charge in [0.05, 0.1) is 5.60 Å². The molecule has 0 heterocycles. The molecule has 0 unspecified atom stereocenters. The van der Waals surface area contributed by atoms with Crippen LogP contribution in [0.25, 0.3) is 0 Å². The first kappa shape index (κ1) is 16.9. The predicted molar refractivity (Wildman–Crippen MR) is 74.4 cm³/mol. The zero-order chi connectivity index (χ0) is 13.4. The monoisotopic (exact) mass is 244 g/mol. The Morgan fingerprint density at radius 1 is 0.824 bits per heavy atom. The minimum Gasteiger partial charge on any atom is -0.382 e. The second-order valence-corrected chi connectivity index (χ2v) is 6.22. The molecule has 0 spiro atoms. The van der Waals surface area contributed by atoms with Gasteiger partial charge in [-0.1, -0.05) is 27.2 Å². The summed E-state index contributed by atoms with van der Waals surface area (Å²) in [4.78, 5) is 0. The van der Waals surface area contributed by atoms with E-state index >= 15 is 0 Å². The van der Waals surface area contributed by atoms with Gasteiger partial charge in [-0.2, -0.15) is 0 Å². The smallest absolute Gasteiger partial charge is 0.0648 e. The fraction of sp³-hybridized carbons (Fsp3) is 1.00. The van der Waals surface area contributed by atoms with Gasteiger partial charge in [-0.3, -0.25) is 0 Å². The molecule has 0 aromatic rings. The Labute approximate surface area is 108 Å². The third-order valence-electron chi connectivity index (χ3n) is 3.25. The Balaban J connectivity index is 3.77. The van der Waals surface area contributed by atoms with Crippen LogP contribution in [0.5, 0.6) is 0 Å². The Morgan fingerprint density at radius 2 is 1.47 bits per heavy atom. The third-order valence-corrected chi connectivity index (χ3v) is 3.25. The SMILES string of the molecule is CCCC(C)(C)CCOC(C)(C)CCOCC. The minimum absolute atomic E-state index is 0.0581. The fourth-order valence-corrected chi connectivity index (χ4v) is 1.94. The standard InChI is InChI=1S/C15H32O2/c1-7-9-14(3,4)10-13-17-15(5,6)11-12-16-8-2/h7-13H2,1-6H3. The van der Waals surface area contributed by atoms with E-state index in [9.17, 15) is 0 Å². The lowest BCUT2D eigenvalue weighted by Gasteiger charge is -2.29. The molecule has 0 aromatic heterocycles.